The Hall–Kier alpha value is -2.04. The van der Waals surface area contributed by atoms with E-state index in [9.17, 15) is 13.2 Å². The molecule has 0 amide bonds. The molecular formula is C14H12F3NO. The van der Waals surface area contributed by atoms with Gasteiger partial charge >= 0.3 is 6.36 Å². The Morgan fingerprint density at radius 3 is 2.37 bits per heavy atom. The second kappa shape index (κ2) is 4.91. The number of halogens is 3. The number of alkyl halides is 3. The molecule has 0 aliphatic rings. The van der Waals surface area contributed by atoms with Gasteiger partial charge in [0.05, 0.1) is 5.69 Å². The predicted molar refractivity (Wildman–Crippen MR) is 65.8 cm³/mol. The average Bonchev–Trinajstić information content (AvgIpc) is 2.31. The van der Waals surface area contributed by atoms with Crippen molar-refractivity contribution in [3.8, 4) is 17.0 Å². The van der Waals surface area contributed by atoms with Gasteiger partial charge in [-0.2, -0.15) is 0 Å². The molecular weight excluding hydrogens is 255 g/mol. The highest BCUT2D eigenvalue weighted by molar-refractivity contribution is 5.69. The molecule has 0 radical (unpaired) electrons. The van der Waals surface area contributed by atoms with Crippen LogP contribution in [0.4, 0.5) is 13.2 Å². The van der Waals surface area contributed by atoms with E-state index in [-0.39, 0.29) is 5.75 Å². The zero-order valence-corrected chi connectivity index (χ0v) is 10.5. The van der Waals surface area contributed by atoms with E-state index < -0.39 is 6.36 Å². The minimum atomic E-state index is -4.71. The average molecular weight is 267 g/mol. The first-order chi connectivity index (χ1) is 8.87. The largest absolute Gasteiger partial charge is 0.573 e. The van der Waals surface area contributed by atoms with E-state index in [4.69, 9.17) is 0 Å². The molecule has 1 heterocycles. The van der Waals surface area contributed by atoms with Gasteiger partial charge in [0.15, 0.2) is 0 Å². The number of ether oxygens (including phenoxy) is 1. The maximum absolute atomic E-state index is 12.4. The maximum Gasteiger partial charge on any atom is 0.573 e. The summed E-state index contributed by atoms with van der Waals surface area (Å²) < 4.78 is 41.2. The Morgan fingerprint density at radius 2 is 1.68 bits per heavy atom. The van der Waals surface area contributed by atoms with Crippen molar-refractivity contribution in [2.75, 3.05) is 0 Å². The van der Waals surface area contributed by atoms with Gasteiger partial charge in [0, 0.05) is 11.3 Å². The van der Waals surface area contributed by atoms with Gasteiger partial charge in [-0.05, 0) is 37.6 Å². The van der Waals surface area contributed by atoms with Crippen molar-refractivity contribution in [1.29, 1.82) is 0 Å². The monoisotopic (exact) mass is 267 g/mol. The van der Waals surface area contributed by atoms with Gasteiger partial charge in [0.1, 0.15) is 5.75 Å². The lowest BCUT2D eigenvalue weighted by molar-refractivity contribution is -0.274. The molecule has 5 heteroatoms. The number of benzene rings is 1. The highest BCUT2D eigenvalue weighted by Gasteiger charge is 2.32. The van der Waals surface area contributed by atoms with Crippen LogP contribution in [0.2, 0.25) is 0 Å². The summed E-state index contributed by atoms with van der Waals surface area (Å²) in [5.41, 5.74) is 2.37. The zero-order chi connectivity index (χ0) is 14.0. The predicted octanol–water partition coefficient (Wildman–Crippen LogP) is 4.26. The summed E-state index contributed by atoms with van der Waals surface area (Å²) >= 11 is 0. The highest BCUT2D eigenvalue weighted by atomic mass is 19.4. The van der Waals surface area contributed by atoms with Gasteiger partial charge in [-0.1, -0.05) is 18.2 Å². The van der Waals surface area contributed by atoms with E-state index >= 15 is 0 Å². The molecule has 0 unspecified atom stereocenters. The Kier molecular flexibility index (Phi) is 3.46. The smallest absolute Gasteiger partial charge is 0.405 e. The van der Waals surface area contributed by atoms with Gasteiger partial charge in [0.25, 0.3) is 0 Å². The zero-order valence-electron chi connectivity index (χ0n) is 10.5. The van der Waals surface area contributed by atoms with Crippen molar-refractivity contribution in [2.45, 2.75) is 20.2 Å². The summed E-state index contributed by atoms with van der Waals surface area (Å²) in [4.78, 5) is 4.29. The van der Waals surface area contributed by atoms with Crippen LogP contribution in [0.25, 0.3) is 11.3 Å². The number of hydrogen-bond acceptors (Lipinski definition) is 2. The quantitative estimate of drug-likeness (QED) is 0.810. The van der Waals surface area contributed by atoms with Crippen LogP contribution < -0.4 is 4.74 Å². The van der Waals surface area contributed by atoms with Gasteiger partial charge < -0.3 is 4.74 Å². The number of aromatic nitrogens is 1. The van der Waals surface area contributed by atoms with E-state index in [1.54, 1.807) is 26.0 Å². The lowest BCUT2D eigenvalue weighted by Crippen LogP contribution is -2.17. The number of pyridine rings is 1. The van der Waals surface area contributed by atoms with Gasteiger partial charge in [-0.3, -0.25) is 4.98 Å². The van der Waals surface area contributed by atoms with Crippen LogP contribution in [0.1, 0.15) is 11.3 Å². The van der Waals surface area contributed by atoms with Crippen LogP contribution in [0.5, 0.6) is 5.75 Å². The second-order valence-corrected chi connectivity index (χ2v) is 4.16. The van der Waals surface area contributed by atoms with Crippen LogP contribution in [0.3, 0.4) is 0 Å². The summed E-state index contributed by atoms with van der Waals surface area (Å²) in [6.45, 7) is 3.59. The third kappa shape index (κ3) is 3.24. The molecule has 1 aromatic heterocycles. The molecule has 2 rings (SSSR count). The van der Waals surface area contributed by atoms with Crippen molar-refractivity contribution < 1.29 is 17.9 Å². The molecule has 2 aromatic rings. The molecule has 0 N–H and O–H groups in total. The van der Waals surface area contributed by atoms with Gasteiger partial charge in [-0.25, -0.2) is 0 Å². The van der Waals surface area contributed by atoms with E-state index in [0.717, 1.165) is 11.3 Å². The van der Waals surface area contributed by atoms with Crippen LogP contribution >= 0.6 is 0 Å². The van der Waals surface area contributed by atoms with Crippen molar-refractivity contribution in [3.05, 3.63) is 47.7 Å². The van der Waals surface area contributed by atoms with E-state index in [1.807, 2.05) is 12.1 Å². The lowest BCUT2D eigenvalue weighted by atomic mass is 10.1. The van der Waals surface area contributed by atoms with Crippen molar-refractivity contribution in [3.63, 3.8) is 0 Å². The Labute approximate surface area is 108 Å². The fourth-order valence-electron chi connectivity index (χ4n) is 1.77. The molecule has 0 aliphatic carbocycles. The van der Waals surface area contributed by atoms with E-state index in [0.29, 0.717) is 11.3 Å². The summed E-state index contributed by atoms with van der Waals surface area (Å²) in [6, 6.07) is 9.63. The Balaban J connectivity index is 2.53. The summed E-state index contributed by atoms with van der Waals surface area (Å²) in [5, 5.41) is 0. The topological polar surface area (TPSA) is 22.1 Å². The molecule has 19 heavy (non-hydrogen) atoms. The molecule has 0 aliphatic heterocycles. The minimum Gasteiger partial charge on any atom is -0.405 e. The van der Waals surface area contributed by atoms with Gasteiger partial charge in [0.2, 0.25) is 0 Å². The normalized spacial score (nSPS) is 11.4. The lowest BCUT2D eigenvalue weighted by Gasteiger charge is -2.14. The first-order valence-corrected chi connectivity index (χ1v) is 5.66. The molecule has 0 spiro atoms. The number of rotatable bonds is 2. The minimum absolute atomic E-state index is 0.240. The molecule has 0 saturated heterocycles. The molecule has 0 atom stereocenters. The summed E-state index contributed by atoms with van der Waals surface area (Å²) in [6.07, 6.45) is -4.71. The maximum atomic E-state index is 12.4. The second-order valence-electron chi connectivity index (χ2n) is 4.16. The number of hydrogen-bond donors (Lipinski definition) is 0. The molecule has 0 bridgehead atoms. The third-order valence-corrected chi connectivity index (χ3v) is 2.60. The fraction of sp³-hybridized carbons (Fsp3) is 0.214. The van der Waals surface area contributed by atoms with Crippen molar-refractivity contribution in [1.82, 2.24) is 4.98 Å². The molecule has 100 valence electrons. The van der Waals surface area contributed by atoms with E-state index in [2.05, 4.69) is 9.72 Å². The van der Waals surface area contributed by atoms with Crippen LogP contribution in [-0.2, 0) is 0 Å². The number of aryl methyl sites for hydroxylation is 2. The number of nitrogens with zero attached hydrogens (tertiary/aromatic N) is 1. The van der Waals surface area contributed by atoms with Gasteiger partial charge in [-0.15, -0.1) is 13.2 Å². The number of para-hydroxylation sites is 1. The summed E-state index contributed by atoms with van der Waals surface area (Å²) in [7, 11) is 0. The molecule has 0 saturated carbocycles. The fourth-order valence-corrected chi connectivity index (χ4v) is 1.77. The van der Waals surface area contributed by atoms with Crippen LogP contribution in [0.15, 0.2) is 36.4 Å². The third-order valence-electron chi connectivity index (χ3n) is 2.60. The molecule has 2 nitrogen and oxygen atoms in total. The molecule has 1 aromatic carbocycles. The van der Waals surface area contributed by atoms with Crippen molar-refractivity contribution >= 4 is 0 Å². The Morgan fingerprint density at radius 1 is 1.00 bits per heavy atom. The Bertz CT molecular complexity index is 593. The molecule has 0 fully saturated rings. The van der Waals surface area contributed by atoms with E-state index in [1.165, 1.54) is 12.1 Å². The first-order valence-electron chi connectivity index (χ1n) is 5.66. The standard InChI is InChI=1S/C14H12F3NO/c1-9-7-8-10(2)18-13(9)11-5-3-4-6-12(11)19-14(15,16)17/h3-8H,1-2H3. The van der Waals surface area contributed by atoms with Crippen molar-refractivity contribution in [2.24, 2.45) is 0 Å². The van der Waals surface area contributed by atoms with Crippen LogP contribution in [0, 0.1) is 13.8 Å². The SMILES string of the molecule is Cc1ccc(C)c(-c2ccccc2OC(F)(F)F)n1. The van der Waals surface area contributed by atoms with Crippen LogP contribution in [-0.4, -0.2) is 11.3 Å². The first kappa shape index (κ1) is 13.4. The highest BCUT2D eigenvalue weighted by Crippen LogP contribution is 2.34. The summed E-state index contributed by atoms with van der Waals surface area (Å²) in [5.74, 6) is -0.240.